The Balaban J connectivity index is 2.57. The Bertz CT molecular complexity index is 119. The highest BCUT2D eigenvalue weighted by molar-refractivity contribution is 6.45. The minimum Gasteiger partial charge on any atom is -0.413 e. The standard InChI is InChI=1S/C8H18O2Si/c1-2-8(11(9)10)6-4-3-5-7-8/h9-11H,2-7H2,1H3. The van der Waals surface area contributed by atoms with E-state index in [9.17, 15) is 9.59 Å². The van der Waals surface area contributed by atoms with Gasteiger partial charge in [0.25, 0.3) is 0 Å². The van der Waals surface area contributed by atoms with Gasteiger partial charge in [-0.15, -0.1) is 0 Å². The molecule has 3 heteroatoms. The van der Waals surface area contributed by atoms with Crippen molar-refractivity contribution in [1.82, 2.24) is 0 Å². The maximum Gasteiger partial charge on any atom is 0.322 e. The smallest absolute Gasteiger partial charge is 0.322 e. The molecule has 0 aromatic rings. The molecule has 0 spiro atoms. The molecule has 1 aliphatic rings. The molecule has 2 nitrogen and oxygen atoms in total. The first kappa shape index (κ1) is 9.23. The van der Waals surface area contributed by atoms with Crippen molar-refractivity contribution < 1.29 is 9.59 Å². The minimum atomic E-state index is -2.39. The molecule has 0 amide bonds. The molecule has 0 radical (unpaired) electrons. The fourth-order valence-corrected chi connectivity index (χ4v) is 3.34. The van der Waals surface area contributed by atoms with E-state index in [1.807, 2.05) is 0 Å². The van der Waals surface area contributed by atoms with E-state index in [4.69, 9.17) is 0 Å². The van der Waals surface area contributed by atoms with Crippen molar-refractivity contribution in [2.24, 2.45) is 0 Å². The van der Waals surface area contributed by atoms with Crippen molar-refractivity contribution in [2.45, 2.75) is 50.5 Å². The molecule has 0 atom stereocenters. The molecule has 66 valence electrons. The van der Waals surface area contributed by atoms with Crippen LogP contribution < -0.4 is 0 Å². The Morgan fingerprint density at radius 1 is 1.18 bits per heavy atom. The Morgan fingerprint density at radius 2 is 1.73 bits per heavy atom. The maximum absolute atomic E-state index is 9.32. The summed E-state index contributed by atoms with van der Waals surface area (Å²) in [5.41, 5.74) is 0. The highest BCUT2D eigenvalue weighted by Crippen LogP contribution is 2.46. The minimum absolute atomic E-state index is 0.0295. The van der Waals surface area contributed by atoms with Crippen LogP contribution in [-0.2, 0) is 0 Å². The molecule has 1 saturated carbocycles. The normalized spacial score (nSPS) is 24.0. The van der Waals surface area contributed by atoms with Gasteiger partial charge in [0.2, 0.25) is 0 Å². The third-order valence-electron chi connectivity index (χ3n) is 3.10. The van der Waals surface area contributed by atoms with Gasteiger partial charge in [-0.25, -0.2) is 0 Å². The summed E-state index contributed by atoms with van der Waals surface area (Å²) in [6.07, 6.45) is 6.72. The van der Waals surface area contributed by atoms with Gasteiger partial charge >= 0.3 is 9.28 Å². The highest BCUT2D eigenvalue weighted by Gasteiger charge is 2.38. The third kappa shape index (κ3) is 1.83. The Hall–Kier alpha value is 0.137. The van der Waals surface area contributed by atoms with Crippen LogP contribution in [0.4, 0.5) is 0 Å². The van der Waals surface area contributed by atoms with Crippen LogP contribution in [0.2, 0.25) is 5.04 Å². The van der Waals surface area contributed by atoms with E-state index >= 15 is 0 Å². The van der Waals surface area contributed by atoms with Crippen molar-refractivity contribution in [2.75, 3.05) is 0 Å². The fourth-order valence-electron chi connectivity index (χ4n) is 2.05. The van der Waals surface area contributed by atoms with Gasteiger partial charge in [-0.1, -0.05) is 26.2 Å². The number of rotatable bonds is 2. The van der Waals surface area contributed by atoms with Gasteiger partial charge in [0.15, 0.2) is 0 Å². The lowest BCUT2D eigenvalue weighted by Crippen LogP contribution is -2.34. The van der Waals surface area contributed by atoms with Crippen LogP contribution in [0.15, 0.2) is 0 Å². The van der Waals surface area contributed by atoms with Gasteiger partial charge in [-0.2, -0.15) is 0 Å². The number of hydrogen-bond donors (Lipinski definition) is 2. The number of hydrogen-bond acceptors (Lipinski definition) is 2. The molecule has 11 heavy (non-hydrogen) atoms. The van der Waals surface area contributed by atoms with Crippen LogP contribution in [0.3, 0.4) is 0 Å². The summed E-state index contributed by atoms with van der Waals surface area (Å²) >= 11 is 0. The first-order valence-electron chi connectivity index (χ1n) is 4.57. The fraction of sp³-hybridized carbons (Fsp3) is 1.00. The van der Waals surface area contributed by atoms with Crippen molar-refractivity contribution in [3.8, 4) is 0 Å². The molecule has 0 aliphatic heterocycles. The van der Waals surface area contributed by atoms with Crippen molar-refractivity contribution in [3.05, 3.63) is 0 Å². The molecule has 1 fully saturated rings. The summed E-state index contributed by atoms with van der Waals surface area (Å²) < 4.78 is 0. The summed E-state index contributed by atoms with van der Waals surface area (Å²) in [6.45, 7) is 2.08. The average Bonchev–Trinajstić information content (AvgIpc) is 2.05. The zero-order valence-electron chi connectivity index (χ0n) is 7.21. The molecule has 0 heterocycles. The summed E-state index contributed by atoms with van der Waals surface area (Å²) in [6, 6.07) is 0. The zero-order valence-corrected chi connectivity index (χ0v) is 8.37. The van der Waals surface area contributed by atoms with E-state index in [-0.39, 0.29) is 5.04 Å². The SMILES string of the molecule is CCC1([SiH](O)O)CCCCC1. The van der Waals surface area contributed by atoms with E-state index in [1.54, 1.807) is 0 Å². The van der Waals surface area contributed by atoms with E-state index in [2.05, 4.69) is 6.92 Å². The molecule has 0 unspecified atom stereocenters. The third-order valence-corrected chi connectivity index (χ3v) is 5.18. The molecular formula is C8H18O2Si. The topological polar surface area (TPSA) is 40.5 Å². The van der Waals surface area contributed by atoms with Crippen molar-refractivity contribution in [3.63, 3.8) is 0 Å². The molecule has 1 rings (SSSR count). The Kier molecular flexibility index (Phi) is 3.10. The first-order valence-corrected chi connectivity index (χ1v) is 6.18. The van der Waals surface area contributed by atoms with Crippen molar-refractivity contribution in [1.29, 1.82) is 0 Å². The molecular weight excluding hydrogens is 156 g/mol. The van der Waals surface area contributed by atoms with Gasteiger partial charge < -0.3 is 9.59 Å². The summed E-state index contributed by atoms with van der Waals surface area (Å²) in [5.74, 6) is 0. The quantitative estimate of drug-likeness (QED) is 0.620. The average molecular weight is 174 g/mol. The predicted molar refractivity (Wildman–Crippen MR) is 47.7 cm³/mol. The second-order valence-corrected chi connectivity index (χ2v) is 5.62. The molecule has 0 aromatic carbocycles. The van der Waals surface area contributed by atoms with Crippen LogP contribution >= 0.6 is 0 Å². The lowest BCUT2D eigenvalue weighted by Gasteiger charge is -2.36. The van der Waals surface area contributed by atoms with Crippen LogP contribution in [0.5, 0.6) is 0 Å². The van der Waals surface area contributed by atoms with E-state index in [0.717, 1.165) is 19.3 Å². The molecule has 0 aromatic heterocycles. The summed E-state index contributed by atoms with van der Waals surface area (Å²) in [7, 11) is -2.39. The van der Waals surface area contributed by atoms with Gasteiger partial charge in [0, 0.05) is 5.04 Å². The van der Waals surface area contributed by atoms with Crippen LogP contribution in [-0.4, -0.2) is 18.9 Å². The second-order valence-electron chi connectivity index (χ2n) is 3.65. The molecule has 0 bridgehead atoms. The van der Waals surface area contributed by atoms with Gasteiger partial charge in [-0.3, -0.25) is 0 Å². The lowest BCUT2D eigenvalue weighted by molar-refractivity contribution is 0.268. The Morgan fingerprint density at radius 3 is 2.00 bits per heavy atom. The summed E-state index contributed by atoms with van der Waals surface area (Å²) in [4.78, 5) is 18.6. The van der Waals surface area contributed by atoms with Crippen LogP contribution in [0.25, 0.3) is 0 Å². The van der Waals surface area contributed by atoms with E-state index < -0.39 is 9.28 Å². The predicted octanol–water partition coefficient (Wildman–Crippen LogP) is 1.31. The first-order chi connectivity index (χ1) is 5.21. The monoisotopic (exact) mass is 174 g/mol. The molecule has 1 aliphatic carbocycles. The van der Waals surface area contributed by atoms with E-state index in [1.165, 1.54) is 19.3 Å². The highest BCUT2D eigenvalue weighted by atomic mass is 28.3. The largest absolute Gasteiger partial charge is 0.413 e. The zero-order chi connectivity index (χ0) is 8.32. The van der Waals surface area contributed by atoms with Crippen molar-refractivity contribution >= 4 is 9.28 Å². The lowest BCUT2D eigenvalue weighted by atomic mass is 9.86. The van der Waals surface area contributed by atoms with Crippen LogP contribution in [0, 0.1) is 0 Å². The molecule has 0 saturated heterocycles. The molecule has 2 N–H and O–H groups in total. The van der Waals surface area contributed by atoms with E-state index in [0.29, 0.717) is 0 Å². The van der Waals surface area contributed by atoms with Gasteiger partial charge in [-0.05, 0) is 19.3 Å². The Labute approximate surface area is 70.1 Å². The second kappa shape index (κ2) is 3.69. The van der Waals surface area contributed by atoms with Gasteiger partial charge in [0.1, 0.15) is 0 Å². The van der Waals surface area contributed by atoms with Gasteiger partial charge in [0.05, 0.1) is 0 Å². The summed E-state index contributed by atoms with van der Waals surface area (Å²) in [5, 5.41) is -0.0295. The maximum atomic E-state index is 9.32. The van der Waals surface area contributed by atoms with Crippen LogP contribution in [0.1, 0.15) is 45.4 Å².